The molecule has 0 fully saturated rings. The minimum Gasteiger partial charge on any atom is -0.462 e. The molecule has 0 aromatic carbocycles. The van der Waals surface area contributed by atoms with Crippen LogP contribution in [0.25, 0.3) is 0 Å². The number of aliphatic hydroxyl groups is 2. The molecule has 0 aromatic heterocycles. The molecule has 0 rings (SSSR count). The van der Waals surface area contributed by atoms with Gasteiger partial charge in [0.05, 0.1) is 19.8 Å². The molecule has 0 saturated carbocycles. The van der Waals surface area contributed by atoms with Crippen LogP contribution in [0, 0.1) is 0 Å². The number of carbonyl (C=O) groups excluding carboxylic acids is 2. The summed E-state index contributed by atoms with van der Waals surface area (Å²) in [6.07, 6.45) is 38.9. The number of hydrogen-bond donors (Lipinski definition) is 3. The van der Waals surface area contributed by atoms with Crippen LogP contribution in [0.15, 0.2) is 36.5 Å². The molecular weight excluding hydrogens is 695 g/mol. The van der Waals surface area contributed by atoms with Crippen LogP contribution in [-0.4, -0.2) is 65.7 Å². The van der Waals surface area contributed by atoms with E-state index in [0.29, 0.717) is 6.42 Å². The van der Waals surface area contributed by atoms with Gasteiger partial charge < -0.3 is 24.6 Å². The molecule has 0 bridgehead atoms. The van der Waals surface area contributed by atoms with Crippen LogP contribution in [0.4, 0.5) is 0 Å². The summed E-state index contributed by atoms with van der Waals surface area (Å²) < 4.78 is 32.4. The van der Waals surface area contributed by atoms with Gasteiger partial charge in [0.25, 0.3) is 0 Å². The Balaban J connectivity index is 4.43. The smallest absolute Gasteiger partial charge is 0.462 e. The molecule has 53 heavy (non-hydrogen) atoms. The molecule has 10 nitrogen and oxygen atoms in total. The molecule has 0 amide bonds. The van der Waals surface area contributed by atoms with Crippen LogP contribution in [0.1, 0.15) is 181 Å². The molecule has 310 valence electrons. The molecule has 1 unspecified atom stereocenters. The van der Waals surface area contributed by atoms with E-state index >= 15 is 0 Å². The minimum absolute atomic E-state index is 0.212. The van der Waals surface area contributed by atoms with Crippen molar-refractivity contribution in [3.8, 4) is 0 Å². The third-order valence-electron chi connectivity index (χ3n) is 8.87. The van der Waals surface area contributed by atoms with Gasteiger partial charge in [0.2, 0.25) is 0 Å². The number of aliphatic hydroxyl groups excluding tert-OH is 2. The summed E-state index contributed by atoms with van der Waals surface area (Å²) >= 11 is 0. The number of phosphoric acid groups is 1. The first-order valence-electron chi connectivity index (χ1n) is 21.0. The third kappa shape index (κ3) is 38.3. The van der Waals surface area contributed by atoms with Crippen molar-refractivity contribution in [3.05, 3.63) is 36.5 Å². The molecule has 0 aliphatic rings. The maximum absolute atomic E-state index is 12.5. The highest BCUT2D eigenvalue weighted by Crippen LogP contribution is 2.43. The van der Waals surface area contributed by atoms with Crippen LogP contribution in [0.2, 0.25) is 0 Å². The zero-order valence-electron chi connectivity index (χ0n) is 33.5. The second-order valence-corrected chi connectivity index (χ2v) is 15.5. The average Bonchev–Trinajstić information content (AvgIpc) is 3.14. The summed E-state index contributed by atoms with van der Waals surface area (Å²) in [5, 5.41) is 18.3. The Kier molecular flexibility index (Phi) is 37.2. The quantitative estimate of drug-likeness (QED) is 0.0138. The van der Waals surface area contributed by atoms with Crippen molar-refractivity contribution in [1.82, 2.24) is 0 Å². The van der Waals surface area contributed by atoms with Crippen molar-refractivity contribution in [3.63, 3.8) is 0 Å². The van der Waals surface area contributed by atoms with Crippen molar-refractivity contribution in [2.75, 3.05) is 26.4 Å². The monoisotopic (exact) mass is 773 g/mol. The van der Waals surface area contributed by atoms with Crippen LogP contribution in [-0.2, 0) is 32.7 Å². The van der Waals surface area contributed by atoms with Crippen molar-refractivity contribution in [2.45, 2.75) is 193 Å². The minimum atomic E-state index is -4.64. The zero-order valence-corrected chi connectivity index (χ0v) is 34.4. The molecule has 0 aromatic rings. The fourth-order valence-corrected chi connectivity index (χ4v) is 6.39. The van der Waals surface area contributed by atoms with Crippen LogP contribution < -0.4 is 0 Å². The third-order valence-corrected chi connectivity index (χ3v) is 9.82. The van der Waals surface area contributed by atoms with Crippen LogP contribution in [0.3, 0.4) is 0 Å². The van der Waals surface area contributed by atoms with E-state index < -0.39 is 51.8 Å². The molecule has 11 heteroatoms. The number of esters is 2. The van der Waals surface area contributed by atoms with E-state index in [1.165, 1.54) is 109 Å². The average molecular weight is 773 g/mol. The molecule has 0 heterocycles. The van der Waals surface area contributed by atoms with Gasteiger partial charge in [0, 0.05) is 12.5 Å². The van der Waals surface area contributed by atoms with E-state index in [-0.39, 0.29) is 13.0 Å². The lowest BCUT2D eigenvalue weighted by Gasteiger charge is -2.19. The summed E-state index contributed by atoms with van der Waals surface area (Å²) in [4.78, 5) is 34.8. The molecule has 0 radical (unpaired) electrons. The number of unbranched alkanes of at least 4 members (excludes halogenated alkanes) is 22. The van der Waals surface area contributed by atoms with Gasteiger partial charge in [-0.2, -0.15) is 0 Å². The number of phosphoric ester groups is 1. The van der Waals surface area contributed by atoms with Gasteiger partial charge in [-0.25, -0.2) is 9.36 Å². The predicted octanol–water partition coefficient (Wildman–Crippen LogP) is 10.8. The van der Waals surface area contributed by atoms with Crippen molar-refractivity contribution >= 4 is 19.8 Å². The van der Waals surface area contributed by atoms with Gasteiger partial charge in [-0.1, -0.05) is 160 Å². The highest BCUT2D eigenvalue weighted by atomic mass is 31.2. The predicted molar refractivity (Wildman–Crippen MR) is 214 cm³/mol. The second-order valence-electron chi connectivity index (χ2n) is 14.1. The van der Waals surface area contributed by atoms with E-state index in [9.17, 15) is 24.2 Å². The lowest BCUT2D eigenvalue weighted by Crippen LogP contribution is -2.29. The molecule has 0 spiro atoms. The summed E-state index contributed by atoms with van der Waals surface area (Å²) in [6.45, 7) is 2.24. The van der Waals surface area contributed by atoms with E-state index in [2.05, 4.69) is 30.5 Å². The van der Waals surface area contributed by atoms with Crippen molar-refractivity contribution < 1.29 is 47.8 Å². The van der Waals surface area contributed by atoms with E-state index in [4.69, 9.17) is 19.1 Å². The number of carbonyl (C=O) groups is 2. The highest BCUT2D eigenvalue weighted by molar-refractivity contribution is 7.47. The molecule has 3 N–H and O–H groups in total. The summed E-state index contributed by atoms with van der Waals surface area (Å²) in [7, 11) is -4.64. The van der Waals surface area contributed by atoms with Gasteiger partial charge in [-0.15, -0.1) is 0 Å². The lowest BCUT2D eigenvalue weighted by atomic mass is 10.1. The molecule has 3 atom stereocenters. The first kappa shape index (κ1) is 51.2. The first-order chi connectivity index (χ1) is 25.7. The normalized spacial score (nSPS) is 14.3. The van der Waals surface area contributed by atoms with Gasteiger partial charge in [-0.05, 0) is 44.9 Å². The maximum Gasteiger partial charge on any atom is 0.472 e. The lowest BCUT2D eigenvalue weighted by molar-refractivity contribution is -0.157. The van der Waals surface area contributed by atoms with Gasteiger partial charge in [-0.3, -0.25) is 13.8 Å². The molecule has 0 aliphatic heterocycles. The summed E-state index contributed by atoms with van der Waals surface area (Å²) in [5.41, 5.74) is 0. The van der Waals surface area contributed by atoms with E-state index in [1.807, 2.05) is 6.08 Å². The Labute approximate surface area is 322 Å². The Bertz CT molecular complexity index is 983. The number of ether oxygens (including phenoxy) is 2. The second kappa shape index (κ2) is 38.5. The van der Waals surface area contributed by atoms with Gasteiger partial charge in [0.15, 0.2) is 6.10 Å². The topological polar surface area (TPSA) is 149 Å². The molecular formula is C42H77O10P. The van der Waals surface area contributed by atoms with Crippen molar-refractivity contribution in [1.29, 1.82) is 0 Å². The van der Waals surface area contributed by atoms with Crippen LogP contribution >= 0.6 is 7.82 Å². The Hall–Kier alpha value is -1.81. The maximum atomic E-state index is 12.5. The van der Waals surface area contributed by atoms with Gasteiger partial charge >= 0.3 is 19.8 Å². The SMILES string of the molecule is CCCCCCCC/C=C/CCCCCCCC(=O)OC[C@H](COP(=O)(O)OC[C@@H](O)CO)OC(=O)/C=C/C=C/CCCCCCCCCCCCC. The largest absolute Gasteiger partial charge is 0.472 e. The summed E-state index contributed by atoms with van der Waals surface area (Å²) in [5.74, 6) is -1.19. The fourth-order valence-electron chi connectivity index (χ4n) is 5.60. The van der Waals surface area contributed by atoms with Crippen molar-refractivity contribution in [2.24, 2.45) is 0 Å². The van der Waals surface area contributed by atoms with Crippen LogP contribution in [0.5, 0.6) is 0 Å². The van der Waals surface area contributed by atoms with E-state index in [0.717, 1.165) is 51.4 Å². The Morgan fingerprint density at radius 3 is 1.57 bits per heavy atom. The number of allylic oxidation sites excluding steroid dienone is 5. The Morgan fingerprint density at radius 1 is 0.604 bits per heavy atom. The highest BCUT2D eigenvalue weighted by Gasteiger charge is 2.26. The zero-order chi connectivity index (χ0) is 39.1. The first-order valence-corrected chi connectivity index (χ1v) is 22.5. The molecule has 0 aliphatic carbocycles. The fraction of sp³-hybridized carbons (Fsp3) is 0.810. The standard InChI is InChI=1S/C42H77O10P/c1-3-5-7-9-11-13-15-17-19-21-23-25-27-29-31-33-41(45)49-37-40(38-51-53(47,48)50-36-39(44)35-43)52-42(46)34-32-30-28-26-24-22-20-18-16-14-12-10-8-6-4-2/h17,19,28,30,32,34,39-40,43-44H,3-16,18,20-27,29,31,33,35-38H2,1-2H3,(H,47,48)/b19-17+,30-28+,34-32+/t39-,40+/m0/s1. The Morgan fingerprint density at radius 2 is 1.06 bits per heavy atom. The van der Waals surface area contributed by atoms with E-state index in [1.54, 1.807) is 12.2 Å². The number of rotatable bonds is 39. The molecule has 0 saturated heterocycles. The number of hydrogen-bond acceptors (Lipinski definition) is 9. The summed E-state index contributed by atoms with van der Waals surface area (Å²) in [6, 6.07) is 0. The van der Waals surface area contributed by atoms with Gasteiger partial charge in [0.1, 0.15) is 12.7 Å².